The summed E-state index contributed by atoms with van der Waals surface area (Å²) in [4.78, 5) is 0. The number of methoxy groups -OCH3 is 1. The van der Waals surface area contributed by atoms with E-state index in [1.54, 1.807) is 13.3 Å². The monoisotopic (exact) mass is 342 g/mol. The van der Waals surface area contributed by atoms with Crippen LogP contribution in [0, 0.1) is 11.8 Å². The average Bonchev–Trinajstić information content (AvgIpc) is 3.20. The Morgan fingerprint density at radius 3 is 2.95 bits per heavy atom. The molecule has 0 spiro atoms. The summed E-state index contributed by atoms with van der Waals surface area (Å²) in [5.41, 5.74) is 0.217. The molecule has 1 aromatic heterocycles. The zero-order chi connectivity index (χ0) is 14.2. The summed E-state index contributed by atoms with van der Waals surface area (Å²) in [6.45, 7) is 1.30. The molecular formula is C15H23BrN2O2. The van der Waals surface area contributed by atoms with E-state index in [2.05, 4.69) is 21.0 Å². The molecule has 0 aromatic carbocycles. The third kappa shape index (κ3) is 2.81. The lowest BCUT2D eigenvalue weighted by Crippen LogP contribution is -2.36. The lowest BCUT2D eigenvalue weighted by Gasteiger charge is -2.37. The molecule has 1 heterocycles. The largest absolute Gasteiger partial charge is 0.384 e. The van der Waals surface area contributed by atoms with Crippen molar-refractivity contribution >= 4 is 15.9 Å². The minimum atomic E-state index is -0.728. The Morgan fingerprint density at radius 2 is 2.25 bits per heavy atom. The molecule has 4 nitrogen and oxygen atoms in total. The second-order valence-corrected chi connectivity index (χ2v) is 7.14. The maximum Gasteiger partial charge on any atom is 0.108 e. The van der Waals surface area contributed by atoms with Crippen LogP contribution in [0.5, 0.6) is 0 Å². The van der Waals surface area contributed by atoms with Gasteiger partial charge in [-0.15, -0.1) is 0 Å². The quantitative estimate of drug-likeness (QED) is 0.894. The van der Waals surface area contributed by atoms with Gasteiger partial charge in [-0.1, -0.05) is 0 Å². The Labute approximate surface area is 128 Å². The average molecular weight is 343 g/mol. The van der Waals surface area contributed by atoms with Gasteiger partial charge >= 0.3 is 0 Å². The van der Waals surface area contributed by atoms with Crippen LogP contribution in [0.3, 0.4) is 0 Å². The number of aliphatic hydroxyl groups is 1. The third-order valence-corrected chi connectivity index (χ3v) is 5.38. The topological polar surface area (TPSA) is 47.3 Å². The molecular weight excluding hydrogens is 320 g/mol. The zero-order valence-electron chi connectivity index (χ0n) is 12.0. The van der Waals surface area contributed by atoms with Crippen molar-refractivity contribution in [3.63, 3.8) is 0 Å². The van der Waals surface area contributed by atoms with Crippen molar-refractivity contribution in [2.24, 2.45) is 11.8 Å². The second-order valence-electron chi connectivity index (χ2n) is 6.28. The summed E-state index contributed by atoms with van der Waals surface area (Å²) in [6, 6.07) is 0. The summed E-state index contributed by atoms with van der Waals surface area (Å²) in [5, 5.41) is 15.6. The summed E-state index contributed by atoms with van der Waals surface area (Å²) in [7, 11) is 1.69. The highest BCUT2D eigenvalue weighted by Gasteiger charge is 2.44. The number of nitrogens with zero attached hydrogens (tertiary/aromatic N) is 2. The summed E-state index contributed by atoms with van der Waals surface area (Å²) in [5.74, 6) is 1.54. The molecule has 2 atom stereocenters. The van der Waals surface area contributed by atoms with E-state index in [0.717, 1.165) is 35.3 Å². The normalized spacial score (nSPS) is 30.6. The molecule has 2 aliphatic carbocycles. The number of halogens is 1. The summed E-state index contributed by atoms with van der Waals surface area (Å²) < 4.78 is 7.97. The standard InChI is InChI=1S/C15H23BrN2O2/c1-20-8-7-18-14(13(16)10-17-18)15(19)6-2-3-12(9-15)11-4-5-11/h10-12,19H,2-9H2,1H3. The van der Waals surface area contributed by atoms with Crippen LogP contribution in [-0.2, 0) is 16.9 Å². The van der Waals surface area contributed by atoms with E-state index >= 15 is 0 Å². The molecule has 2 fully saturated rings. The van der Waals surface area contributed by atoms with Crippen LogP contribution in [0.1, 0.15) is 44.2 Å². The molecule has 0 saturated heterocycles. The van der Waals surface area contributed by atoms with Gasteiger partial charge in [-0.3, -0.25) is 4.68 Å². The molecule has 112 valence electrons. The van der Waals surface area contributed by atoms with Crippen LogP contribution in [0.15, 0.2) is 10.7 Å². The fraction of sp³-hybridized carbons (Fsp3) is 0.800. The van der Waals surface area contributed by atoms with Gasteiger partial charge < -0.3 is 9.84 Å². The Morgan fingerprint density at radius 1 is 1.45 bits per heavy atom. The SMILES string of the molecule is COCCn1ncc(Br)c1C1(O)CCCC(C2CC2)C1. The molecule has 5 heteroatoms. The molecule has 0 radical (unpaired) electrons. The second kappa shape index (κ2) is 5.78. The van der Waals surface area contributed by atoms with E-state index in [9.17, 15) is 5.11 Å². The van der Waals surface area contributed by atoms with Crippen molar-refractivity contribution in [3.8, 4) is 0 Å². The number of hydrogen-bond acceptors (Lipinski definition) is 3. The van der Waals surface area contributed by atoms with Crippen molar-refractivity contribution in [2.45, 2.75) is 50.7 Å². The lowest BCUT2D eigenvalue weighted by molar-refractivity contribution is -0.0335. The van der Waals surface area contributed by atoms with Crippen molar-refractivity contribution < 1.29 is 9.84 Å². The minimum absolute atomic E-state index is 0.614. The van der Waals surface area contributed by atoms with Gasteiger partial charge in [0.1, 0.15) is 5.60 Å². The first-order chi connectivity index (χ1) is 9.64. The number of aromatic nitrogens is 2. The molecule has 2 saturated carbocycles. The van der Waals surface area contributed by atoms with Gasteiger partial charge in [-0.05, 0) is 66.3 Å². The molecule has 3 rings (SSSR count). The van der Waals surface area contributed by atoms with Gasteiger partial charge in [0.15, 0.2) is 0 Å². The number of rotatable bonds is 5. The van der Waals surface area contributed by atoms with Gasteiger partial charge in [-0.25, -0.2) is 0 Å². The van der Waals surface area contributed by atoms with Crippen LogP contribution in [-0.4, -0.2) is 28.6 Å². The van der Waals surface area contributed by atoms with Gasteiger partial charge in [0.25, 0.3) is 0 Å². The molecule has 2 aliphatic rings. The lowest BCUT2D eigenvalue weighted by atomic mass is 9.74. The van der Waals surface area contributed by atoms with Crippen molar-refractivity contribution in [1.29, 1.82) is 0 Å². The van der Waals surface area contributed by atoms with E-state index in [1.165, 1.54) is 19.3 Å². The highest BCUT2D eigenvalue weighted by atomic mass is 79.9. The predicted molar refractivity (Wildman–Crippen MR) is 80.4 cm³/mol. The van der Waals surface area contributed by atoms with E-state index in [4.69, 9.17) is 4.74 Å². The Hall–Kier alpha value is -0.390. The Balaban J connectivity index is 1.83. The fourth-order valence-corrected chi connectivity index (χ4v) is 4.32. The van der Waals surface area contributed by atoms with Crippen LogP contribution in [0.2, 0.25) is 0 Å². The number of ether oxygens (including phenoxy) is 1. The van der Waals surface area contributed by atoms with Crippen LogP contribution >= 0.6 is 15.9 Å². The molecule has 0 bridgehead atoms. The molecule has 0 aliphatic heterocycles. The van der Waals surface area contributed by atoms with Crippen molar-refractivity contribution in [1.82, 2.24) is 9.78 Å². The molecule has 1 aromatic rings. The smallest absolute Gasteiger partial charge is 0.108 e. The summed E-state index contributed by atoms with van der Waals surface area (Å²) >= 11 is 3.57. The summed E-state index contributed by atoms with van der Waals surface area (Å²) in [6.07, 6.45) is 8.61. The van der Waals surface area contributed by atoms with Crippen LogP contribution < -0.4 is 0 Å². The zero-order valence-corrected chi connectivity index (χ0v) is 13.6. The first-order valence-corrected chi connectivity index (χ1v) is 8.36. The number of hydrogen-bond donors (Lipinski definition) is 1. The van der Waals surface area contributed by atoms with E-state index in [0.29, 0.717) is 19.1 Å². The first kappa shape index (κ1) is 14.5. The fourth-order valence-electron chi connectivity index (χ4n) is 3.65. The van der Waals surface area contributed by atoms with E-state index in [-0.39, 0.29) is 0 Å². The van der Waals surface area contributed by atoms with E-state index in [1.807, 2.05) is 4.68 Å². The molecule has 0 amide bonds. The maximum absolute atomic E-state index is 11.2. The first-order valence-electron chi connectivity index (χ1n) is 7.57. The Kier molecular flexibility index (Phi) is 4.20. The Bertz CT molecular complexity index is 472. The highest BCUT2D eigenvalue weighted by Crippen LogP contribution is 2.50. The molecule has 20 heavy (non-hydrogen) atoms. The molecule has 2 unspecified atom stereocenters. The van der Waals surface area contributed by atoms with Gasteiger partial charge in [0, 0.05) is 7.11 Å². The minimum Gasteiger partial charge on any atom is -0.384 e. The van der Waals surface area contributed by atoms with Crippen molar-refractivity contribution in [2.75, 3.05) is 13.7 Å². The van der Waals surface area contributed by atoms with E-state index < -0.39 is 5.60 Å². The van der Waals surface area contributed by atoms with Crippen LogP contribution in [0.4, 0.5) is 0 Å². The molecule has 1 N–H and O–H groups in total. The van der Waals surface area contributed by atoms with Gasteiger partial charge in [0.05, 0.1) is 29.5 Å². The predicted octanol–water partition coefficient (Wildman–Crippen LogP) is 3.08. The van der Waals surface area contributed by atoms with Crippen molar-refractivity contribution in [3.05, 3.63) is 16.4 Å². The maximum atomic E-state index is 11.2. The van der Waals surface area contributed by atoms with Crippen LogP contribution in [0.25, 0.3) is 0 Å². The third-order valence-electron chi connectivity index (χ3n) is 4.80. The highest BCUT2D eigenvalue weighted by molar-refractivity contribution is 9.10. The van der Waals surface area contributed by atoms with Gasteiger partial charge in [0.2, 0.25) is 0 Å². The van der Waals surface area contributed by atoms with Gasteiger partial charge in [-0.2, -0.15) is 5.10 Å².